The molecule has 0 bridgehead atoms. The normalized spacial score (nSPS) is 16.9. The summed E-state index contributed by atoms with van der Waals surface area (Å²) in [6, 6.07) is 17.8. The highest BCUT2D eigenvalue weighted by Gasteiger charge is 2.33. The lowest BCUT2D eigenvalue weighted by Crippen LogP contribution is -2.49. The summed E-state index contributed by atoms with van der Waals surface area (Å²) in [6.07, 6.45) is 2.08. The van der Waals surface area contributed by atoms with E-state index in [1.165, 1.54) is 11.8 Å². The average Bonchev–Trinajstić information content (AvgIpc) is 3.24. The molecule has 40 heavy (non-hydrogen) atoms. The van der Waals surface area contributed by atoms with Gasteiger partial charge in [-0.3, -0.25) is 14.5 Å². The highest BCUT2D eigenvalue weighted by Crippen LogP contribution is 2.36. The summed E-state index contributed by atoms with van der Waals surface area (Å²) in [4.78, 5) is 45.6. The van der Waals surface area contributed by atoms with E-state index in [2.05, 4.69) is 4.90 Å². The molecule has 1 aromatic heterocycles. The number of para-hydroxylation sites is 1. The number of aromatic nitrogens is 1. The zero-order valence-electron chi connectivity index (χ0n) is 22.7. The standard InChI is InChI=1S/C30H32N4O4S2/c1-3-33-24-13-9-8-12-22(24)26(31-16-18-32(19-17-31)29(37)38-4-2)23(27(33)35)20-25-28(36)34(30(39)40-25)15-14-21-10-6-5-7-11-21/h5-13,20H,3-4,14-19H2,1-2H3. The maximum atomic E-state index is 13.9. The number of piperazine rings is 1. The van der Waals surface area contributed by atoms with Crippen LogP contribution in [0.15, 0.2) is 64.3 Å². The Labute approximate surface area is 243 Å². The molecule has 2 saturated heterocycles. The lowest BCUT2D eigenvalue weighted by Gasteiger charge is -2.37. The second kappa shape index (κ2) is 12.3. The van der Waals surface area contributed by atoms with Crippen LogP contribution >= 0.6 is 24.0 Å². The quantitative estimate of drug-likeness (QED) is 0.297. The van der Waals surface area contributed by atoms with Gasteiger partial charge in [0.15, 0.2) is 0 Å². The lowest BCUT2D eigenvalue weighted by molar-refractivity contribution is -0.122. The average molecular weight is 577 g/mol. The molecule has 2 fully saturated rings. The number of benzene rings is 2. The zero-order chi connectivity index (χ0) is 28.2. The Morgan fingerprint density at radius 3 is 2.40 bits per heavy atom. The fourth-order valence-electron chi connectivity index (χ4n) is 5.23. The van der Waals surface area contributed by atoms with Crippen LogP contribution in [-0.4, -0.2) is 70.0 Å². The van der Waals surface area contributed by atoms with E-state index in [4.69, 9.17) is 17.0 Å². The summed E-state index contributed by atoms with van der Waals surface area (Å²) >= 11 is 6.82. The minimum atomic E-state index is -0.326. The summed E-state index contributed by atoms with van der Waals surface area (Å²) < 4.78 is 7.42. The largest absolute Gasteiger partial charge is 0.450 e. The molecule has 2 aliphatic rings. The van der Waals surface area contributed by atoms with Gasteiger partial charge in [-0.2, -0.15) is 0 Å². The Morgan fingerprint density at radius 1 is 1.00 bits per heavy atom. The number of thiocarbonyl (C=S) groups is 1. The van der Waals surface area contributed by atoms with Gasteiger partial charge in [-0.15, -0.1) is 0 Å². The van der Waals surface area contributed by atoms with Crippen molar-refractivity contribution in [3.05, 3.63) is 81.0 Å². The van der Waals surface area contributed by atoms with Crippen molar-refractivity contribution in [2.24, 2.45) is 0 Å². The topological polar surface area (TPSA) is 75.1 Å². The molecule has 5 rings (SSSR count). The first-order valence-electron chi connectivity index (χ1n) is 13.5. The second-order valence-corrected chi connectivity index (χ2v) is 11.2. The summed E-state index contributed by atoms with van der Waals surface area (Å²) in [6.45, 7) is 7.07. The molecule has 10 heteroatoms. The molecule has 2 amide bonds. The number of thioether (sulfide) groups is 1. The monoisotopic (exact) mass is 576 g/mol. The number of pyridine rings is 1. The number of fused-ring (bicyclic) bond motifs is 1. The highest BCUT2D eigenvalue weighted by atomic mass is 32.2. The van der Waals surface area contributed by atoms with Crippen molar-refractivity contribution in [1.82, 2.24) is 14.4 Å². The number of anilines is 1. The van der Waals surface area contributed by atoms with Crippen LogP contribution in [-0.2, 0) is 22.5 Å². The summed E-state index contributed by atoms with van der Waals surface area (Å²) in [5.41, 5.74) is 3.06. The van der Waals surface area contributed by atoms with Crippen LogP contribution in [0.25, 0.3) is 17.0 Å². The Hall–Kier alpha value is -3.63. The number of carbonyl (C=O) groups excluding carboxylic acids is 2. The lowest BCUT2D eigenvalue weighted by atomic mass is 10.0. The first-order chi connectivity index (χ1) is 19.4. The van der Waals surface area contributed by atoms with Gasteiger partial charge in [0.1, 0.15) is 4.32 Å². The molecule has 3 heterocycles. The summed E-state index contributed by atoms with van der Waals surface area (Å²) in [5, 5.41) is 0.930. The molecule has 3 aromatic rings. The minimum Gasteiger partial charge on any atom is -0.450 e. The molecule has 0 unspecified atom stereocenters. The van der Waals surface area contributed by atoms with Crippen LogP contribution in [0.3, 0.4) is 0 Å². The summed E-state index contributed by atoms with van der Waals surface area (Å²) in [5.74, 6) is -0.181. The van der Waals surface area contributed by atoms with Crippen LogP contribution in [0.5, 0.6) is 0 Å². The summed E-state index contributed by atoms with van der Waals surface area (Å²) in [7, 11) is 0. The highest BCUT2D eigenvalue weighted by molar-refractivity contribution is 8.26. The van der Waals surface area contributed by atoms with Gasteiger partial charge in [0.2, 0.25) is 0 Å². The smallest absolute Gasteiger partial charge is 0.409 e. The van der Waals surface area contributed by atoms with Crippen molar-refractivity contribution < 1.29 is 14.3 Å². The van der Waals surface area contributed by atoms with E-state index in [1.54, 1.807) is 27.4 Å². The van der Waals surface area contributed by atoms with E-state index in [0.717, 1.165) is 22.2 Å². The van der Waals surface area contributed by atoms with Gasteiger partial charge in [-0.1, -0.05) is 72.5 Å². The zero-order valence-corrected chi connectivity index (χ0v) is 24.3. The Bertz CT molecular complexity index is 1530. The molecule has 208 valence electrons. The van der Waals surface area contributed by atoms with Crippen molar-refractivity contribution in [3.63, 3.8) is 0 Å². The maximum absolute atomic E-state index is 13.9. The van der Waals surface area contributed by atoms with Gasteiger partial charge in [0, 0.05) is 44.7 Å². The van der Waals surface area contributed by atoms with Crippen molar-refractivity contribution in [2.75, 3.05) is 44.2 Å². The van der Waals surface area contributed by atoms with Gasteiger partial charge >= 0.3 is 6.09 Å². The van der Waals surface area contributed by atoms with Gasteiger partial charge in [0.05, 0.1) is 28.3 Å². The van der Waals surface area contributed by atoms with E-state index in [0.29, 0.717) is 67.1 Å². The molecule has 2 aliphatic heterocycles. The molecule has 0 atom stereocenters. The fraction of sp³-hybridized carbons (Fsp3) is 0.333. The number of rotatable bonds is 7. The minimum absolute atomic E-state index is 0.154. The molecular formula is C30H32N4O4S2. The number of hydrogen-bond donors (Lipinski definition) is 0. The number of aryl methyl sites for hydroxylation is 1. The SMILES string of the molecule is CCOC(=O)N1CCN(c2c(C=C3SC(=S)N(CCc4ccccc4)C3=O)c(=O)n(CC)c3ccccc23)CC1. The molecular weight excluding hydrogens is 544 g/mol. The number of nitrogens with zero attached hydrogens (tertiary/aromatic N) is 4. The first kappa shape index (κ1) is 27.9. The third-order valence-electron chi connectivity index (χ3n) is 7.23. The van der Waals surface area contributed by atoms with Crippen LogP contribution in [0, 0.1) is 0 Å². The Balaban J connectivity index is 1.52. The second-order valence-electron chi connectivity index (χ2n) is 9.57. The molecule has 8 nitrogen and oxygen atoms in total. The van der Waals surface area contributed by atoms with Crippen LogP contribution in [0.4, 0.5) is 10.5 Å². The van der Waals surface area contributed by atoms with E-state index in [-0.39, 0.29) is 17.6 Å². The van der Waals surface area contributed by atoms with Crippen molar-refractivity contribution >= 4 is 63.0 Å². The van der Waals surface area contributed by atoms with E-state index < -0.39 is 0 Å². The van der Waals surface area contributed by atoms with Crippen LogP contribution < -0.4 is 10.5 Å². The van der Waals surface area contributed by atoms with Gasteiger partial charge in [0.25, 0.3) is 11.5 Å². The van der Waals surface area contributed by atoms with E-state index in [9.17, 15) is 14.4 Å². The first-order valence-corrected chi connectivity index (χ1v) is 14.8. The number of ether oxygens (including phenoxy) is 1. The maximum Gasteiger partial charge on any atom is 0.409 e. The molecule has 0 spiro atoms. The number of hydrogen-bond acceptors (Lipinski definition) is 7. The van der Waals surface area contributed by atoms with Crippen molar-refractivity contribution in [3.8, 4) is 0 Å². The van der Waals surface area contributed by atoms with Crippen LogP contribution in [0.2, 0.25) is 0 Å². The fourth-order valence-corrected chi connectivity index (χ4v) is 6.52. The predicted molar refractivity (Wildman–Crippen MR) is 165 cm³/mol. The van der Waals surface area contributed by atoms with E-state index in [1.807, 2.05) is 61.5 Å². The molecule has 2 aromatic carbocycles. The van der Waals surface area contributed by atoms with Gasteiger partial charge in [-0.05, 0) is 38.0 Å². The van der Waals surface area contributed by atoms with Gasteiger partial charge < -0.3 is 19.1 Å². The number of amides is 2. The molecule has 0 N–H and O–H groups in total. The van der Waals surface area contributed by atoms with Gasteiger partial charge in [-0.25, -0.2) is 4.79 Å². The van der Waals surface area contributed by atoms with E-state index >= 15 is 0 Å². The predicted octanol–water partition coefficient (Wildman–Crippen LogP) is 4.74. The third-order valence-corrected chi connectivity index (χ3v) is 8.61. The number of carbonyl (C=O) groups is 2. The Kier molecular flexibility index (Phi) is 8.56. The van der Waals surface area contributed by atoms with Crippen LogP contribution in [0.1, 0.15) is 25.0 Å². The molecule has 0 saturated carbocycles. The molecule has 0 radical (unpaired) electrons. The van der Waals surface area contributed by atoms with Crippen molar-refractivity contribution in [2.45, 2.75) is 26.8 Å². The van der Waals surface area contributed by atoms with Crippen molar-refractivity contribution in [1.29, 1.82) is 0 Å². The third kappa shape index (κ3) is 5.51. The Morgan fingerprint density at radius 2 is 1.70 bits per heavy atom. The molecule has 0 aliphatic carbocycles.